The summed E-state index contributed by atoms with van der Waals surface area (Å²) in [6.45, 7) is 5.31. The number of hydrogen-bond acceptors (Lipinski definition) is 2. The van der Waals surface area contributed by atoms with Crippen molar-refractivity contribution < 1.29 is 0 Å². The zero-order valence-electron chi connectivity index (χ0n) is 6.10. The molecule has 3 heteroatoms. The Labute approximate surface area is 66.6 Å². The first-order chi connectivity index (χ1) is 4.16. The number of thioether (sulfide) groups is 1. The molecule has 0 aromatic heterocycles. The molecule has 0 spiro atoms. The van der Waals surface area contributed by atoms with Crippen LogP contribution in [0.1, 0.15) is 13.8 Å². The van der Waals surface area contributed by atoms with Gasteiger partial charge in [-0.2, -0.15) is 0 Å². The van der Waals surface area contributed by atoms with E-state index in [-0.39, 0.29) is 0 Å². The van der Waals surface area contributed by atoms with Crippen molar-refractivity contribution in [2.45, 2.75) is 13.8 Å². The highest BCUT2D eigenvalue weighted by Crippen LogP contribution is 1.95. The lowest BCUT2D eigenvalue weighted by Crippen LogP contribution is -2.22. The lowest BCUT2D eigenvalue weighted by Gasteiger charge is -2.06. The van der Waals surface area contributed by atoms with Gasteiger partial charge in [0.15, 0.2) is 0 Å². The first-order valence-electron chi connectivity index (χ1n) is 2.98. The predicted molar refractivity (Wildman–Crippen MR) is 49.0 cm³/mol. The average Bonchev–Trinajstić information content (AvgIpc) is 1.83. The highest BCUT2D eigenvalue weighted by Gasteiger charge is 1.93. The van der Waals surface area contributed by atoms with Crippen LogP contribution in [0.15, 0.2) is 0 Å². The SMILES string of the molecule is CSC(=S)NCC(C)C. The van der Waals surface area contributed by atoms with Crippen LogP contribution in [0.4, 0.5) is 0 Å². The molecule has 0 unspecified atom stereocenters. The molecular weight excluding hydrogens is 150 g/mol. The summed E-state index contributed by atoms with van der Waals surface area (Å²) in [6.07, 6.45) is 1.98. The monoisotopic (exact) mass is 163 g/mol. The molecule has 0 amide bonds. The standard InChI is InChI=1S/C6H13NS2/c1-5(2)4-7-6(8)9-3/h5H,4H2,1-3H3,(H,7,8). The third kappa shape index (κ3) is 6.12. The molecule has 0 radical (unpaired) electrons. The minimum atomic E-state index is 0.676. The highest BCUT2D eigenvalue weighted by atomic mass is 32.2. The molecule has 0 bridgehead atoms. The van der Waals surface area contributed by atoms with Gasteiger partial charge >= 0.3 is 0 Å². The second kappa shape index (κ2) is 5.06. The van der Waals surface area contributed by atoms with Crippen LogP contribution in [0, 0.1) is 5.92 Å². The third-order valence-corrected chi connectivity index (χ3v) is 2.00. The van der Waals surface area contributed by atoms with Gasteiger partial charge in [-0.15, -0.1) is 11.8 Å². The Hall–Kier alpha value is 0.240. The van der Waals surface area contributed by atoms with Gasteiger partial charge < -0.3 is 5.32 Å². The predicted octanol–water partition coefficient (Wildman–Crippen LogP) is 1.88. The fraction of sp³-hybridized carbons (Fsp3) is 0.833. The second-order valence-corrected chi connectivity index (χ2v) is 3.75. The number of nitrogens with one attached hydrogen (secondary N) is 1. The van der Waals surface area contributed by atoms with Crippen molar-refractivity contribution in [2.24, 2.45) is 5.92 Å². The molecule has 0 saturated heterocycles. The fourth-order valence-corrected chi connectivity index (χ4v) is 0.671. The van der Waals surface area contributed by atoms with Crippen LogP contribution >= 0.6 is 24.0 Å². The number of thiocarbonyl (C=S) groups is 1. The van der Waals surface area contributed by atoms with Gasteiger partial charge in [0.25, 0.3) is 0 Å². The molecule has 0 fully saturated rings. The molecule has 0 aliphatic heterocycles. The summed E-state index contributed by atoms with van der Waals surface area (Å²) in [5, 5.41) is 3.13. The Balaban J connectivity index is 3.17. The maximum absolute atomic E-state index is 4.93. The largest absolute Gasteiger partial charge is 0.371 e. The van der Waals surface area contributed by atoms with Crippen molar-refractivity contribution >= 4 is 28.3 Å². The van der Waals surface area contributed by atoms with E-state index in [1.807, 2.05) is 6.26 Å². The smallest absolute Gasteiger partial charge is 0.133 e. The lowest BCUT2D eigenvalue weighted by atomic mass is 10.2. The Bertz CT molecular complexity index is 91.1. The zero-order valence-corrected chi connectivity index (χ0v) is 7.73. The van der Waals surface area contributed by atoms with Gasteiger partial charge in [0.2, 0.25) is 0 Å². The Morgan fingerprint density at radius 2 is 2.22 bits per heavy atom. The van der Waals surface area contributed by atoms with E-state index in [1.54, 1.807) is 11.8 Å². The number of rotatable bonds is 2. The molecular formula is C6H13NS2. The van der Waals surface area contributed by atoms with E-state index >= 15 is 0 Å². The average molecular weight is 163 g/mol. The van der Waals surface area contributed by atoms with Crippen molar-refractivity contribution in [3.05, 3.63) is 0 Å². The van der Waals surface area contributed by atoms with E-state index < -0.39 is 0 Å². The first kappa shape index (κ1) is 9.24. The molecule has 0 aliphatic carbocycles. The molecule has 0 rings (SSSR count). The van der Waals surface area contributed by atoms with Gasteiger partial charge in [0.05, 0.1) is 0 Å². The molecule has 0 aromatic carbocycles. The summed E-state index contributed by atoms with van der Waals surface area (Å²) >= 11 is 6.51. The quantitative estimate of drug-likeness (QED) is 0.624. The van der Waals surface area contributed by atoms with Crippen LogP contribution in [0.3, 0.4) is 0 Å². The lowest BCUT2D eigenvalue weighted by molar-refractivity contribution is 0.630. The minimum Gasteiger partial charge on any atom is -0.371 e. The molecule has 1 nitrogen and oxygen atoms in total. The zero-order chi connectivity index (χ0) is 7.28. The Morgan fingerprint density at radius 3 is 2.56 bits per heavy atom. The second-order valence-electron chi connectivity index (χ2n) is 2.27. The maximum Gasteiger partial charge on any atom is 0.133 e. The number of hydrogen-bond donors (Lipinski definition) is 1. The van der Waals surface area contributed by atoms with Gasteiger partial charge in [-0.3, -0.25) is 0 Å². The summed E-state index contributed by atoms with van der Waals surface area (Å²) < 4.78 is 0.892. The molecule has 0 aliphatic rings. The van der Waals surface area contributed by atoms with E-state index in [0.29, 0.717) is 5.92 Å². The van der Waals surface area contributed by atoms with Crippen LogP contribution in [0.5, 0.6) is 0 Å². The maximum atomic E-state index is 4.93. The fourth-order valence-electron chi connectivity index (χ4n) is 0.360. The summed E-state index contributed by atoms with van der Waals surface area (Å²) in [5.74, 6) is 0.676. The van der Waals surface area contributed by atoms with Gasteiger partial charge in [0.1, 0.15) is 4.32 Å². The molecule has 0 aromatic rings. The minimum absolute atomic E-state index is 0.676. The van der Waals surface area contributed by atoms with Gasteiger partial charge in [-0.25, -0.2) is 0 Å². The topological polar surface area (TPSA) is 12.0 Å². The van der Waals surface area contributed by atoms with Crippen molar-refractivity contribution in [1.82, 2.24) is 5.32 Å². The molecule has 54 valence electrons. The van der Waals surface area contributed by atoms with Crippen LogP contribution in [0.2, 0.25) is 0 Å². The van der Waals surface area contributed by atoms with E-state index in [4.69, 9.17) is 12.2 Å². The van der Waals surface area contributed by atoms with Gasteiger partial charge in [-0.05, 0) is 12.2 Å². The van der Waals surface area contributed by atoms with Crippen LogP contribution in [-0.2, 0) is 0 Å². The van der Waals surface area contributed by atoms with Crippen LogP contribution in [-0.4, -0.2) is 17.1 Å². The van der Waals surface area contributed by atoms with E-state index in [1.165, 1.54) is 0 Å². The highest BCUT2D eigenvalue weighted by molar-refractivity contribution is 8.22. The van der Waals surface area contributed by atoms with Crippen LogP contribution in [0.25, 0.3) is 0 Å². The van der Waals surface area contributed by atoms with Crippen molar-refractivity contribution in [1.29, 1.82) is 0 Å². The van der Waals surface area contributed by atoms with Gasteiger partial charge in [0, 0.05) is 6.54 Å². The van der Waals surface area contributed by atoms with Crippen molar-refractivity contribution in [3.63, 3.8) is 0 Å². The van der Waals surface area contributed by atoms with E-state index in [9.17, 15) is 0 Å². The van der Waals surface area contributed by atoms with Crippen LogP contribution < -0.4 is 5.32 Å². The summed E-state index contributed by atoms with van der Waals surface area (Å²) in [4.78, 5) is 0. The Kier molecular flexibility index (Phi) is 5.19. The normalized spacial score (nSPS) is 9.78. The first-order valence-corrected chi connectivity index (χ1v) is 4.62. The van der Waals surface area contributed by atoms with Crippen molar-refractivity contribution in [3.8, 4) is 0 Å². The summed E-state index contributed by atoms with van der Waals surface area (Å²) in [7, 11) is 0. The van der Waals surface area contributed by atoms with E-state index in [2.05, 4.69) is 19.2 Å². The molecule has 0 atom stereocenters. The summed E-state index contributed by atoms with van der Waals surface area (Å²) in [5.41, 5.74) is 0. The molecule has 9 heavy (non-hydrogen) atoms. The third-order valence-electron chi connectivity index (χ3n) is 0.840. The molecule has 1 N–H and O–H groups in total. The van der Waals surface area contributed by atoms with Crippen molar-refractivity contribution in [2.75, 3.05) is 12.8 Å². The van der Waals surface area contributed by atoms with E-state index in [0.717, 1.165) is 10.9 Å². The Morgan fingerprint density at radius 1 is 1.67 bits per heavy atom. The molecule has 0 saturated carbocycles. The summed E-state index contributed by atoms with van der Waals surface area (Å²) in [6, 6.07) is 0. The molecule has 0 heterocycles. The van der Waals surface area contributed by atoms with Gasteiger partial charge in [-0.1, -0.05) is 26.1 Å².